The smallest absolute Gasteiger partial charge is 0.341 e. The van der Waals surface area contributed by atoms with Gasteiger partial charge in [0.2, 0.25) is 5.43 Å². The van der Waals surface area contributed by atoms with E-state index in [4.69, 9.17) is 10.8 Å². The van der Waals surface area contributed by atoms with Gasteiger partial charge < -0.3 is 20.5 Å². The van der Waals surface area contributed by atoms with Gasteiger partial charge in [-0.25, -0.2) is 13.6 Å². The largest absolute Gasteiger partial charge is 0.477 e. The van der Waals surface area contributed by atoms with Crippen LogP contribution in [0, 0.1) is 11.6 Å². The summed E-state index contributed by atoms with van der Waals surface area (Å²) in [5, 5.41) is 22.3. The number of fused-ring (bicyclic) bond motifs is 1. The minimum atomic E-state index is -1.53. The third kappa shape index (κ3) is 4.34. The van der Waals surface area contributed by atoms with Crippen molar-refractivity contribution in [1.29, 1.82) is 0 Å². The molecule has 0 aliphatic rings. The fourth-order valence-corrected chi connectivity index (χ4v) is 3.39. The number of carbonyl (C=O) groups is 1. The molecule has 0 spiro atoms. The van der Waals surface area contributed by atoms with E-state index < -0.39 is 28.6 Å². The fourth-order valence-electron chi connectivity index (χ4n) is 3.39. The lowest BCUT2D eigenvalue weighted by atomic mass is 10.1. The second-order valence-electron chi connectivity index (χ2n) is 7.38. The second kappa shape index (κ2) is 9.12. The fraction of sp³-hybridized carbons (Fsp3) is 0.0417. The van der Waals surface area contributed by atoms with Gasteiger partial charge in [-0.15, -0.1) is 0 Å². The molecule has 1 aromatic heterocycles. The molecule has 0 bridgehead atoms. The molecule has 0 saturated heterocycles. The topological polar surface area (TPSA) is 130 Å². The van der Waals surface area contributed by atoms with E-state index in [1.165, 1.54) is 24.4 Å². The van der Waals surface area contributed by atoms with Crippen LogP contribution in [-0.2, 0) is 6.61 Å². The van der Waals surface area contributed by atoms with E-state index in [0.717, 1.165) is 28.5 Å². The molecule has 0 unspecified atom stereocenters. The number of carboxylic acids is 1. The number of rotatable bonds is 6. The molecule has 8 nitrogen and oxygen atoms in total. The van der Waals surface area contributed by atoms with Gasteiger partial charge in [0.15, 0.2) is 0 Å². The van der Waals surface area contributed by atoms with Crippen LogP contribution in [-0.4, -0.2) is 27.0 Å². The van der Waals surface area contributed by atoms with Crippen LogP contribution < -0.4 is 16.6 Å². The number of hydrazone groups is 1. The van der Waals surface area contributed by atoms with Crippen molar-refractivity contribution >= 4 is 34.5 Å². The summed E-state index contributed by atoms with van der Waals surface area (Å²) in [6, 6.07) is 12.7. The third-order valence-electron chi connectivity index (χ3n) is 5.11. The van der Waals surface area contributed by atoms with Gasteiger partial charge in [-0.05, 0) is 41.5 Å². The molecular weight excluding hydrogens is 446 g/mol. The summed E-state index contributed by atoms with van der Waals surface area (Å²) in [4.78, 5) is 24.3. The first-order valence-corrected chi connectivity index (χ1v) is 9.95. The van der Waals surface area contributed by atoms with E-state index in [2.05, 4.69) is 10.5 Å². The Bertz CT molecular complexity index is 1500. The number of nitrogens with two attached hydrogens (primary N) is 1. The number of aliphatic hydroxyl groups is 1. The SMILES string of the molecule is Nc1ccc(-n2cc(C(=O)O)c(=O)c3cc(F)c(N/N=C/c4ccc(CO)cc4)cc32)c(F)c1. The van der Waals surface area contributed by atoms with Crippen LogP contribution in [0.25, 0.3) is 16.6 Å². The molecule has 5 N–H and O–H groups in total. The molecule has 0 atom stereocenters. The second-order valence-corrected chi connectivity index (χ2v) is 7.38. The number of carboxylic acid groups (broad SMARTS) is 1. The van der Waals surface area contributed by atoms with Crippen molar-refractivity contribution in [3.05, 3.63) is 99.3 Å². The number of benzene rings is 3. The maximum absolute atomic E-state index is 14.8. The number of aromatic nitrogens is 1. The highest BCUT2D eigenvalue weighted by atomic mass is 19.1. The lowest BCUT2D eigenvalue weighted by Gasteiger charge is -2.15. The van der Waals surface area contributed by atoms with E-state index in [0.29, 0.717) is 5.56 Å². The van der Waals surface area contributed by atoms with Gasteiger partial charge in [0.1, 0.15) is 17.2 Å². The standard InChI is InChI=1S/C24H18F2N4O4/c25-18-8-16-22(9-20(18)29-28-10-13-1-3-14(12-31)4-2-13)30(11-17(23(16)32)24(33)34)21-6-5-15(27)7-19(21)26/h1-11,29,31H,12,27H2,(H,33,34)/b28-10+. The molecule has 0 saturated carbocycles. The molecule has 1 heterocycles. The highest BCUT2D eigenvalue weighted by Crippen LogP contribution is 2.26. The number of nitrogen functional groups attached to an aromatic ring is 1. The van der Waals surface area contributed by atoms with Gasteiger partial charge >= 0.3 is 5.97 Å². The van der Waals surface area contributed by atoms with E-state index in [1.807, 2.05) is 0 Å². The molecule has 34 heavy (non-hydrogen) atoms. The lowest BCUT2D eigenvalue weighted by molar-refractivity contribution is 0.0695. The van der Waals surface area contributed by atoms with Crippen LogP contribution in [0.3, 0.4) is 0 Å². The summed E-state index contributed by atoms with van der Waals surface area (Å²) < 4.78 is 30.6. The summed E-state index contributed by atoms with van der Waals surface area (Å²) in [6.07, 6.45) is 2.40. The average molecular weight is 464 g/mol. The number of nitrogens with zero attached hydrogens (tertiary/aromatic N) is 2. The van der Waals surface area contributed by atoms with Crippen molar-refractivity contribution in [3.8, 4) is 5.69 Å². The number of hydrogen-bond donors (Lipinski definition) is 4. The predicted octanol–water partition coefficient (Wildman–Crippen LogP) is 3.49. The van der Waals surface area contributed by atoms with Gasteiger partial charge in [0.05, 0.1) is 29.7 Å². The van der Waals surface area contributed by atoms with E-state index >= 15 is 0 Å². The first-order valence-electron chi connectivity index (χ1n) is 9.95. The van der Waals surface area contributed by atoms with Crippen LogP contribution in [0.2, 0.25) is 0 Å². The summed E-state index contributed by atoms with van der Waals surface area (Å²) >= 11 is 0. The number of nitrogens with one attached hydrogen (secondary N) is 1. The summed E-state index contributed by atoms with van der Waals surface area (Å²) in [6.45, 7) is -0.0993. The number of halogens is 2. The summed E-state index contributed by atoms with van der Waals surface area (Å²) in [5.41, 5.74) is 8.00. The Balaban J connectivity index is 1.83. The van der Waals surface area contributed by atoms with Crippen molar-refractivity contribution in [2.24, 2.45) is 5.10 Å². The highest BCUT2D eigenvalue weighted by molar-refractivity contribution is 5.94. The molecule has 172 valence electrons. The minimum absolute atomic E-state index is 0.0603. The Morgan fingerprint density at radius 1 is 1.09 bits per heavy atom. The number of aromatic carboxylic acids is 1. The Kier molecular flexibility index (Phi) is 6.07. The summed E-state index contributed by atoms with van der Waals surface area (Å²) in [5.74, 6) is -3.15. The zero-order valence-corrected chi connectivity index (χ0v) is 17.5. The van der Waals surface area contributed by atoms with Crippen LogP contribution in [0.1, 0.15) is 21.5 Å². The Morgan fingerprint density at radius 2 is 1.82 bits per heavy atom. The highest BCUT2D eigenvalue weighted by Gasteiger charge is 2.19. The number of pyridine rings is 1. The Morgan fingerprint density at radius 3 is 2.47 bits per heavy atom. The summed E-state index contributed by atoms with van der Waals surface area (Å²) in [7, 11) is 0. The van der Waals surface area contributed by atoms with E-state index in [-0.39, 0.29) is 34.6 Å². The first kappa shape index (κ1) is 22.6. The van der Waals surface area contributed by atoms with Crippen molar-refractivity contribution in [2.45, 2.75) is 6.61 Å². The number of anilines is 2. The number of hydrogen-bond acceptors (Lipinski definition) is 6. The molecule has 0 radical (unpaired) electrons. The first-order chi connectivity index (χ1) is 16.3. The number of aliphatic hydroxyl groups excluding tert-OH is 1. The maximum atomic E-state index is 14.8. The molecule has 0 aliphatic carbocycles. The maximum Gasteiger partial charge on any atom is 0.341 e. The van der Waals surface area contributed by atoms with Crippen LogP contribution in [0.15, 0.2) is 70.7 Å². The zero-order valence-electron chi connectivity index (χ0n) is 17.5. The quantitative estimate of drug-likeness (QED) is 0.196. The van der Waals surface area contributed by atoms with Gasteiger partial charge in [-0.2, -0.15) is 5.10 Å². The van der Waals surface area contributed by atoms with Crippen LogP contribution >= 0.6 is 0 Å². The monoisotopic (exact) mass is 464 g/mol. The normalized spacial score (nSPS) is 11.3. The van der Waals surface area contributed by atoms with Gasteiger partial charge in [-0.3, -0.25) is 10.2 Å². The lowest BCUT2D eigenvalue weighted by Crippen LogP contribution is -2.19. The Hall–Kier alpha value is -4.57. The molecule has 3 aromatic carbocycles. The average Bonchev–Trinajstić information content (AvgIpc) is 2.81. The van der Waals surface area contributed by atoms with E-state index in [1.54, 1.807) is 24.3 Å². The molecule has 4 rings (SSSR count). The van der Waals surface area contributed by atoms with Crippen LogP contribution in [0.4, 0.5) is 20.2 Å². The van der Waals surface area contributed by atoms with Crippen molar-refractivity contribution < 1.29 is 23.8 Å². The molecule has 0 fully saturated rings. The predicted molar refractivity (Wildman–Crippen MR) is 124 cm³/mol. The zero-order chi connectivity index (χ0) is 24.4. The van der Waals surface area contributed by atoms with Gasteiger partial charge in [0.25, 0.3) is 0 Å². The van der Waals surface area contributed by atoms with Crippen LogP contribution in [0.5, 0.6) is 0 Å². The van der Waals surface area contributed by atoms with Crippen molar-refractivity contribution in [3.63, 3.8) is 0 Å². The third-order valence-corrected chi connectivity index (χ3v) is 5.11. The molecule has 0 amide bonds. The van der Waals surface area contributed by atoms with Crippen molar-refractivity contribution in [1.82, 2.24) is 4.57 Å². The molecular formula is C24H18F2N4O4. The molecule has 10 heteroatoms. The van der Waals surface area contributed by atoms with Gasteiger partial charge in [0, 0.05) is 17.3 Å². The van der Waals surface area contributed by atoms with E-state index in [9.17, 15) is 23.5 Å². The Labute approximate surface area is 191 Å². The van der Waals surface area contributed by atoms with Gasteiger partial charge in [-0.1, -0.05) is 24.3 Å². The molecule has 4 aromatic rings. The molecule has 0 aliphatic heterocycles. The minimum Gasteiger partial charge on any atom is -0.477 e. The van der Waals surface area contributed by atoms with Crippen molar-refractivity contribution in [2.75, 3.05) is 11.2 Å².